The van der Waals surface area contributed by atoms with Gasteiger partial charge in [-0.25, -0.2) is 4.98 Å². The number of carbonyl (C=O) groups is 1. The summed E-state index contributed by atoms with van der Waals surface area (Å²) in [4.78, 5) is 17.9. The van der Waals surface area contributed by atoms with Crippen LogP contribution in [0.4, 0.5) is 5.82 Å². The zero-order chi connectivity index (χ0) is 12.4. The SMILES string of the molecule is CNc1cc(C)c([C@@H]2CCCN2C(C)=O)cn1. The molecule has 0 bridgehead atoms. The molecule has 92 valence electrons. The Morgan fingerprint density at radius 3 is 2.94 bits per heavy atom. The van der Waals surface area contributed by atoms with Crippen LogP contribution in [0.5, 0.6) is 0 Å². The number of amides is 1. The molecule has 1 aromatic heterocycles. The van der Waals surface area contributed by atoms with Crippen molar-refractivity contribution in [1.29, 1.82) is 0 Å². The molecule has 0 radical (unpaired) electrons. The molecule has 17 heavy (non-hydrogen) atoms. The third kappa shape index (κ3) is 2.25. The van der Waals surface area contributed by atoms with Gasteiger partial charge in [-0.1, -0.05) is 0 Å². The van der Waals surface area contributed by atoms with E-state index < -0.39 is 0 Å². The smallest absolute Gasteiger partial charge is 0.219 e. The number of nitrogens with zero attached hydrogens (tertiary/aromatic N) is 2. The third-order valence-electron chi connectivity index (χ3n) is 3.42. The number of aromatic nitrogens is 1. The fraction of sp³-hybridized carbons (Fsp3) is 0.538. The average Bonchev–Trinajstić information content (AvgIpc) is 2.77. The molecule has 0 spiro atoms. The van der Waals surface area contributed by atoms with Gasteiger partial charge in [0.05, 0.1) is 6.04 Å². The fourth-order valence-electron chi connectivity index (χ4n) is 2.52. The molecule has 0 aliphatic carbocycles. The second kappa shape index (κ2) is 4.73. The Morgan fingerprint density at radius 1 is 1.59 bits per heavy atom. The van der Waals surface area contributed by atoms with E-state index in [-0.39, 0.29) is 11.9 Å². The maximum Gasteiger partial charge on any atom is 0.219 e. The van der Waals surface area contributed by atoms with Gasteiger partial charge < -0.3 is 10.2 Å². The Morgan fingerprint density at radius 2 is 2.35 bits per heavy atom. The van der Waals surface area contributed by atoms with Crippen molar-refractivity contribution in [3.05, 3.63) is 23.4 Å². The van der Waals surface area contributed by atoms with Gasteiger partial charge in [0.2, 0.25) is 5.91 Å². The Bertz CT molecular complexity index is 431. The number of hydrogen-bond donors (Lipinski definition) is 1. The molecule has 0 saturated carbocycles. The number of pyridine rings is 1. The second-order valence-corrected chi connectivity index (χ2v) is 4.55. The molecular formula is C13H19N3O. The molecule has 1 aliphatic rings. The summed E-state index contributed by atoms with van der Waals surface area (Å²) < 4.78 is 0. The minimum absolute atomic E-state index is 0.157. The van der Waals surface area contributed by atoms with E-state index in [1.165, 1.54) is 11.1 Å². The minimum atomic E-state index is 0.157. The van der Waals surface area contributed by atoms with Crippen LogP contribution in [0.3, 0.4) is 0 Å². The normalized spacial score (nSPS) is 19.5. The number of anilines is 1. The van der Waals surface area contributed by atoms with Gasteiger partial charge in [-0.05, 0) is 37.0 Å². The Hall–Kier alpha value is -1.58. The highest BCUT2D eigenvalue weighted by atomic mass is 16.2. The van der Waals surface area contributed by atoms with Crippen molar-refractivity contribution >= 4 is 11.7 Å². The molecule has 1 N–H and O–H groups in total. The number of hydrogen-bond acceptors (Lipinski definition) is 3. The van der Waals surface area contributed by atoms with Crippen molar-refractivity contribution in [2.75, 3.05) is 18.9 Å². The van der Waals surface area contributed by atoms with Gasteiger partial charge in [-0.2, -0.15) is 0 Å². The number of aryl methyl sites for hydroxylation is 1. The van der Waals surface area contributed by atoms with Crippen LogP contribution in [0.15, 0.2) is 12.3 Å². The lowest BCUT2D eigenvalue weighted by Crippen LogP contribution is -2.28. The van der Waals surface area contributed by atoms with Gasteiger partial charge in [0.25, 0.3) is 0 Å². The van der Waals surface area contributed by atoms with Crippen molar-refractivity contribution in [1.82, 2.24) is 9.88 Å². The predicted molar refractivity (Wildman–Crippen MR) is 67.9 cm³/mol. The largest absolute Gasteiger partial charge is 0.373 e. The van der Waals surface area contributed by atoms with Gasteiger partial charge >= 0.3 is 0 Å². The highest BCUT2D eigenvalue weighted by Crippen LogP contribution is 2.33. The van der Waals surface area contributed by atoms with Crippen LogP contribution >= 0.6 is 0 Å². The van der Waals surface area contributed by atoms with E-state index in [0.29, 0.717) is 0 Å². The number of likely N-dealkylation sites (tertiary alicyclic amines) is 1. The van der Waals surface area contributed by atoms with E-state index in [0.717, 1.165) is 25.2 Å². The fourth-order valence-corrected chi connectivity index (χ4v) is 2.52. The van der Waals surface area contributed by atoms with Gasteiger partial charge in [0, 0.05) is 26.7 Å². The summed E-state index contributed by atoms with van der Waals surface area (Å²) in [6, 6.07) is 2.25. The molecule has 0 aromatic carbocycles. The van der Waals surface area contributed by atoms with Crippen molar-refractivity contribution < 1.29 is 4.79 Å². The summed E-state index contributed by atoms with van der Waals surface area (Å²) in [5.74, 6) is 1.03. The molecule has 4 nitrogen and oxygen atoms in total. The maximum atomic E-state index is 11.6. The first-order chi connectivity index (χ1) is 8.13. The summed E-state index contributed by atoms with van der Waals surface area (Å²) in [7, 11) is 1.86. The summed E-state index contributed by atoms with van der Waals surface area (Å²) in [5, 5.41) is 3.03. The van der Waals surface area contributed by atoms with Crippen LogP contribution in [0, 0.1) is 6.92 Å². The summed E-state index contributed by atoms with van der Waals surface area (Å²) >= 11 is 0. The molecule has 1 atom stereocenters. The molecule has 2 rings (SSSR count). The van der Waals surface area contributed by atoms with E-state index in [4.69, 9.17) is 0 Å². The van der Waals surface area contributed by atoms with Gasteiger partial charge in [-0.15, -0.1) is 0 Å². The van der Waals surface area contributed by atoms with Crippen LogP contribution in [0.1, 0.15) is 36.9 Å². The summed E-state index contributed by atoms with van der Waals surface area (Å²) in [6.07, 6.45) is 4.02. The highest BCUT2D eigenvalue weighted by molar-refractivity contribution is 5.74. The van der Waals surface area contributed by atoms with Gasteiger partial charge in [0.15, 0.2) is 0 Å². The Labute approximate surface area is 102 Å². The van der Waals surface area contributed by atoms with E-state index >= 15 is 0 Å². The first kappa shape index (κ1) is 11.9. The monoisotopic (exact) mass is 233 g/mol. The molecule has 1 amide bonds. The Balaban J connectivity index is 2.30. The average molecular weight is 233 g/mol. The first-order valence-electron chi connectivity index (χ1n) is 6.05. The summed E-state index contributed by atoms with van der Waals surface area (Å²) in [6.45, 7) is 4.59. The predicted octanol–water partition coefficient (Wildman–Crippen LogP) is 2.12. The quantitative estimate of drug-likeness (QED) is 0.851. The molecule has 1 fully saturated rings. The topological polar surface area (TPSA) is 45.2 Å². The van der Waals surface area contributed by atoms with Crippen LogP contribution in [0.25, 0.3) is 0 Å². The lowest BCUT2D eigenvalue weighted by atomic mass is 10.0. The molecule has 0 unspecified atom stereocenters. The van der Waals surface area contributed by atoms with Crippen LogP contribution in [-0.2, 0) is 4.79 Å². The van der Waals surface area contributed by atoms with Crippen molar-refractivity contribution in [2.45, 2.75) is 32.7 Å². The molecular weight excluding hydrogens is 214 g/mol. The zero-order valence-corrected chi connectivity index (χ0v) is 10.7. The lowest BCUT2D eigenvalue weighted by molar-refractivity contribution is -0.129. The van der Waals surface area contributed by atoms with E-state index in [1.807, 2.05) is 24.2 Å². The summed E-state index contributed by atoms with van der Waals surface area (Å²) in [5.41, 5.74) is 2.37. The Kier molecular flexibility index (Phi) is 3.31. The molecule has 1 saturated heterocycles. The second-order valence-electron chi connectivity index (χ2n) is 4.55. The minimum Gasteiger partial charge on any atom is -0.373 e. The molecule has 4 heteroatoms. The molecule has 2 heterocycles. The number of nitrogens with one attached hydrogen (secondary N) is 1. The first-order valence-corrected chi connectivity index (χ1v) is 6.05. The zero-order valence-electron chi connectivity index (χ0n) is 10.7. The van der Waals surface area contributed by atoms with Crippen molar-refractivity contribution in [3.8, 4) is 0 Å². The lowest BCUT2D eigenvalue weighted by Gasteiger charge is -2.24. The van der Waals surface area contributed by atoms with Gasteiger partial charge in [-0.3, -0.25) is 4.79 Å². The van der Waals surface area contributed by atoms with Crippen molar-refractivity contribution in [2.24, 2.45) is 0 Å². The third-order valence-corrected chi connectivity index (χ3v) is 3.42. The van der Waals surface area contributed by atoms with Gasteiger partial charge in [0.1, 0.15) is 5.82 Å². The maximum absolute atomic E-state index is 11.6. The van der Waals surface area contributed by atoms with E-state index in [1.54, 1.807) is 6.92 Å². The highest BCUT2D eigenvalue weighted by Gasteiger charge is 2.29. The molecule has 1 aliphatic heterocycles. The van der Waals surface area contributed by atoms with Crippen LogP contribution < -0.4 is 5.32 Å². The molecule has 1 aromatic rings. The number of rotatable bonds is 2. The standard InChI is InChI=1S/C13H19N3O/c1-9-7-13(14-3)15-8-11(9)12-5-4-6-16(12)10(2)17/h7-8,12H,4-6H2,1-3H3,(H,14,15)/t12-/m0/s1. The van der Waals surface area contributed by atoms with E-state index in [9.17, 15) is 4.79 Å². The van der Waals surface area contributed by atoms with E-state index in [2.05, 4.69) is 17.2 Å². The van der Waals surface area contributed by atoms with Crippen LogP contribution in [0.2, 0.25) is 0 Å². The number of carbonyl (C=O) groups excluding carboxylic acids is 1. The van der Waals surface area contributed by atoms with Crippen molar-refractivity contribution in [3.63, 3.8) is 0 Å². The van der Waals surface area contributed by atoms with Crippen LogP contribution in [-0.4, -0.2) is 29.4 Å².